The number of rotatable bonds is 5. The molecule has 2 heterocycles. The summed E-state index contributed by atoms with van der Waals surface area (Å²) in [5, 5.41) is 4.89. The zero-order chi connectivity index (χ0) is 19.8. The summed E-state index contributed by atoms with van der Waals surface area (Å²) < 4.78 is 37.5. The SMILES string of the molecule is NC(CNCc1cccc2c1CN(C1CCC(=O)NC1=O)C2=O)C(F)(F)F. The second kappa shape index (κ2) is 7.28. The third kappa shape index (κ3) is 3.96. The van der Waals surface area contributed by atoms with E-state index in [1.165, 1.54) is 4.90 Å². The molecule has 1 fully saturated rings. The van der Waals surface area contributed by atoms with E-state index in [-0.39, 0.29) is 37.7 Å². The standard InChI is InChI=1S/C17H19F3N4O3/c18-17(19,20)13(21)7-22-6-9-2-1-3-10-11(9)8-24(16(10)27)12-4-5-14(25)23-15(12)26/h1-3,12-13,22H,4-8,21H2,(H,23,25,26). The van der Waals surface area contributed by atoms with Crippen LogP contribution in [0.5, 0.6) is 0 Å². The lowest BCUT2D eigenvalue weighted by Gasteiger charge is -2.29. The van der Waals surface area contributed by atoms with Gasteiger partial charge in [-0.05, 0) is 23.6 Å². The molecule has 1 aromatic carbocycles. The van der Waals surface area contributed by atoms with Gasteiger partial charge in [-0.15, -0.1) is 0 Å². The van der Waals surface area contributed by atoms with Gasteiger partial charge in [0.15, 0.2) is 0 Å². The summed E-state index contributed by atoms with van der Waals surface area (Å²) in [6, 6.07) is 2.27. The summed E-state index contributed by atoms with van der Waals surface area (Å²) >= 11 is 0. The number of amides is 3. The number of piperidine rings is 1. The van der Waals surface area contributed by atoms with Gasteiger partial charge in [0.2, 0.25) is 11.8 Å². The number of hydrogen-bond donors (Lipinski definition) is 3. The number of nitrogens with one attached hydrogen (secondary N) is 2. The number of halogens is 3. The third-order valence-corrected chi connectivity index (χ3v) is 4.78. The van der Waals surface area contributed by atoms with Gasteiger partial charge < -0.3 is 16.0 Å². The fraction of sp³-hybridized carbons (Fsp3) is 0.471. The van der Waals surface area contributed by atoms with Gasteiger partial charge in [0.1, 0.15) is 12.1 Å². The fourth-order valence-corrected chi connectivity index (χ4v) is 3.29. The second-order valence-electron chi connectivity index (χ2n) is 6.62. The van der Waals surface area contributed by atoms with Crippen LogP contribution in [0, 0.1) is 0 Å². The van der Waals surface area contributed by atoms with Crippen molar-refractivity contribution >= 4 is 17.7 Å². The van der Waals surface area contributed by atoms with E-state index in [0.29, 0.717) is 16.7 Å². The van der Waals surface area contributed by atoms with Crippen molar-refractivity contribution in [3.63, 3.8) is 0 Å². The van der Waals surface area contributed by atoms with E-state index in [1.54, 1.807) is 18.2 Å². The first-order valence-corrected chi connectivity index (χ1v) is 8.47. The lowest BCUT2D eigenvalue weighted by molar-refractivity contribution is -0.146. The molecular formula is C17H19F3N4O3. The van der Waals surface area contributed by atoms with E-state index in [4.69, 9.17) is 5.73 Å². The molecule has 0 aromatic heterocycles. The number of nitrogens with zero attached hydrogens (tertiary/aromatic N) is 1. The average Bonchev–Trinajstić information content (AvgIpc) is 2.92. The Morgan fingerprint density at radius 2 is 2.04 bits per heavy atom. The maximum atomic E-state index is 12.7. The Kier molecular flexibility index (Phi) is 5.20. The number of benzene rings is 1. The Morgan fingerprint density at radius 3 is 2.70 bits per heavy atom. The van der Waals surface area contributed by atoms with E-state index in [9.17, 15) is 27.6 Å². The maximum absolute atomic E-state index is 12.7. The minimum Gasteiger partial charge on any atom is -0.322 e. The highest BCUT2D eigenvalue weighted by molar-refractivity contribution is 6.05. The molecule has 2 aliphatic heterocycles. The first-order valence-electron chi connectivity index (χ1n) is 8.47. The van der Waals surface area contributed by atoms with Crippen LogP contribution in [-0.4, -0.2) is 47.4 Å². The molecule has 1 saturated heterocycles. The first-order chi connectivity index (χ1) is 12.7. The molecule has 3 amide bonds. The van der Waals surface area contributed by atoms with E-state index < -0.39 is 30.7 Å². The normalized spacial score (nSPS) is 21.3. The Bertz CT molecular complexity index is 781. The fourth-order valence-electron chi connectivity index (χ4n) is 3.29. The lowest BCUT2D eigenvalue weighted by Crippen LogP contribution is -2.52. The van der Waals surface area contributed by atoms with Crippen LogP contribution >= 0.6 is 0 Å². The number of carbonyl (C=O) groups is 3. The number of imide groups is 1. The molecule has 7 nitrogen and oxygen atoms in total. The van der Waals surface area contributed by atoms with Crippen molar-refractivity contribution in [1.29, 1.82) is 0 Å². The molecule has 3 rings (SSSR count). The van der Waals surface area contributed by atoms with Crippen LogP contribution < -0.4 is 16.4 Å². The summed E-state index contributed by atoms with van der Waals surface area (Å²) in [6.45, 7) is -0.162. The first kappa shape index (κ1) is 19.3. The minimum atomic E-state index is -4.48. The lowest BCUT2D eigenvalue weighted by atomic mass is 10.0. The molecule has 0 spiro atoms. The molecule has 4 N–H and O–H groups in total. The average molecular weight is 384 g/mol. The van der Waals surface area contributed by atoms with Crippen molar-refractivity contribution in [2.45, 2.75) is 44.2 Å². The molecule has 2 aliphatic rings. The highest BCUT2D eigenvalue weighted by atomic mass is 19.4. The second-order valence-corrected chi connectivity index (χ2v) is 6.62. The van der Waals surface area contributed by atoms with Crippen LogP contribution in [-0.2, 0) is 22.7 Å². The molecule has 0 bridgehead atoms. The maximum Gasteiger partial charge on any atom is 0.404 e. The van der Waals surface area contributed by atoms with Crippen molar-refractivity contribution in [3.05, 3.63) is 34.9 Å². The Hall–Kier alpha value is -2.46. The predicted octanol–water partition coefficient (Wildman–Crippen LogP) is 0.427. The molecule has 146 valence electrons. The molecule has 2 atom stereocenters. The molecule has 1 aromatic rings. The topological polar surface area (TPSA) is 105 Å². The van der Waals surface area contributed by atoms with Crippen LogP contribution in [0.25, 0.3) is 0 Å². The Morgan fingerprint density at radius 1 is 1.30 bits per heavy atom. The van der Waals surface area contributed by atoms with Crippen molar-refractivity contribution in [3.8, 4) is 0 Å². The number of carbonyl (C=O) groups excluding carboxylic acids is 3. The quantitative estimate of drug-likeness (QED) is 0.639. The van der Waals surface area contributed by atoms with Gasteiger partial charge in [0, 0.05) is 31.6 Å². The summed E-state index contributed by atoms with van der Waals surface area (Å²) in [7, 11) is 0. The minimum absolute atomic E-state index is 0.115. The number of fused-ring (bicyclic) bond motifs is 1. The third-order valence-electron chi connectivity index (χ3n) is 4.78. The van der Waals surface area contributed by atoms with E-state index in [0.717, 1.165) is 0 Å². The highest BCUT2D eigenvalue weighted by Gasteiger charge is 2.40. The molecule has 0 radical (unpaired) electrons. The van der Waals surface area contributed by atoms with Crippen molar-refractivity contribution in [1.82, 2.24) is 15.5 Å². The van der Waals surface area contributed by atoms with Gasteiger partial charge in [-0.1, -0.05) is 12.1 Å². The van der Waals surface area contributed by atoms with Gasteiger partial charge in [0.05, 0.1) is 0 Å². The van der Waals surface area contributed by atoms with Gasteiger partial charge in [-0.2, -0.15) is 13.2 Å². The zero-order valence-electron chi connectivity index (χ0n) is 14.3. The monoisotopic (exact) mass is 384 g/mol. The smallest absolute Gasteiger partial charge is 0.322 e. The van der Waals surface area contributed by atoms with Crippen LogP contribution in [0.15, 0.2) is 18.2 Å². The summed E-state index contributed by atoms with van der Waals surface area (Å²) in [5.74, 6) is -1.21. The molecular weight excluding hydrogens is 365 g/mol. The van der Waals surface area contributed by atoms with Gasteiger partial charge in [0.25, 0.3) is 5.91 Å². The molecule has 0 saturated carbocycles. The molecule has 0 aliphatic carbocycles. The van der Waals surface area contributed by atoms with Crippen LogP contribution in [0.4, 0.5) is 13.2 Å². The van der Waals surface area contributed by atoms with Gasteiger partial charge in [-0.25, -0.2) is 0 Å². The molecule has 10 heteroatoms. The predicted molar refractivity (Wildman–Crippen MR) is 88.2 cm³/mol. The van der Waals surface area contributed by atoms with E-state index in [1.807, 2.05) is 0 Å². The Labute approximate surface area is 153 Å². The molecule has 2 unspecified atom stereocenters. The van der Waals surface area contributed by atoms with Crippen LogP contribution in [0.2, 0.25) is 0 Å². The zero-order valence-corrected chi connectivity index (χ0v) is 14.3. The van der Waals surface area contributed by atoms with Gasteiger partial charge in [-0.3, -0.25) is 19.7 Å². The van der Waals surface area contributed by atoms with Crippen molar-refractivity contribution < 1.29 is 27.6 Å². The van der Waals surface area contributed by atoms with Gasteiger partial charge >= 0.3 is 6.18 Å². The summed E-state index contributed by atoms with van der Waals surface area (Å²) in [5.41, 5.74) is 6.83. The van der Waals surface area contributed by atoms with Crippen molar-refractivity contribution in [2.24, 2.45) is 5.73 Å². The highest BCUT2D eigenvalue weighted by Crippen LogP contribution is 2.29. The largest absolute Gasteiger partial charge is 0.404 e. The van der Waals surface area contributed by atoms with Crippen LogP contribution in [0.1, 0.15) is 34.3 Å². The Balaban J connectivity index is 1.70. The van der Waals surface area contributed by atoms with Crippen LogP contribution in [0.3, 0.4) is 0 Å². The molecule has 27 heavy (non-hydrogen) atoms. The number of hydrogen-bond acceptors (Lipinski definition) is 5. The van der Waals surface area contributed by atoms with Crippen molar-refractivity contribution in [2.75, 3.05) is 6.54 Å². The number of alkyl halides is 3. The number of nitrogens with two attached hydrogens (primary N) is 1. The summed E-state index contributed by atoms with van der Waals surface area (Å²) in [4.78, 5) is 37.4. The summed E-state index contributed by atoms with van der Waals surface area (Å²) in [6.07, 6.45) is -4.08. The van der Waals surface area contributed by atoms with E-state index >= 15 is 0 Å². The van der Waals surface area contributed by atoms with E-state index in [2.05, 4.69) is 10.6 Å².